The molecule has 17 heavy (non-hydrogen) atoms. The number of nitrogens with zero attached hydrogens (tertiary/aromatic N) is 2. The van der Waals surface area contributed by atoms with E-state index in [-0.39, 0.29) is 0 Å². The highest BCUT2D eigenvalue weighted by Gasteiger charge is 2.14. The Labute approximate surface area is 101 Å². The van der Waals surface area contributed by atoms with E-state index in [2.05, 4.69) is 16.6 Å². The Morgan fingerprint density at radius 3 is 3.29 bits per heavy atom. The van der Waals surface area contributed by atoms with E-state index in [9.17, 15) is 0 Å². The fourth-order valence-electron chi connectivity index (χ4n) is 2.38. The fourth-order valence-corrected chi connectivity index (χ4v) is 2.38. The molecule has 0 radical (unpaired) electrons. The molecule has 0 aliphatic carbocycles. The molecule has 90 valence electrons. The molecule has 4 heteroatoms. The number of hydrogen-bond acceptors (Lipinski definition) is 3. The lowest BCUT2D eigenvalue weighted by molar-refractivity contribution is 0.325. The zero-order valence-corrected chi connectivity index (χ0v) is 9.80. The van der Waals surface area contributed by atoms with Crippen LogP contribution in [0.3, 0.4) is 0 Å². The summed E-state index contributed by atoms with van der Waals surface area (Å²) in [6.07, 6.45) is 8.19. The Morgan fingerprint density at radius 2 is 2.53 bits per heavy atom. The van der Waals surface area contributed by atoms with E-state index in [1.807, 2.05) is 23.0 Å². The van der Waals surface area contributed by atoms with Gasteiger partial charge < -0.3 is 9.73 Å². The molecule has 1 N–H and O–H groups in total. The quantitative estimate of drug-likeness (QED) is 0.880. The smallest absolute Gasteiger partial charge is 0.137 e. The van der Waals surface area contributed by atoms with E-state index in [1.54, 1.807) is 6.26 Å². The third-order valence-electron chi connectivity index (χ3n) is 3.28. The summed E-state index contributed by atoms with van der Waals surface area (Å²) < 4.78 is 7.38. The van der Waals surface area contributed by atoms with Crippen molar-refractivity contribution in [3.63, 3.8) is 0 Å². The number of nitrogens with one attached hydrogen (secondary N) is 1. The maximum Gasteiger partial charge on any atom is 0.137 e. The second kappa shape index (κ2) is 4.75. The summed E-state index contributed by atoms with van der Waals surface area (Å²) in [5, 5.41) is 7.82. The van der Waals surface area contributed by atoms with Crippen LogP contribution < -0.4 is 5.32 Å². The topological polar surface area (TPSA) is 43.0 Å². The number of rotatable bonds is 3. The first-order valence-electron chi connectivity index (χ1n) is 6.19. The summed E-state index contributed by atoms with van der Waals surface area (Å²) in [5.41, 5.74) is 1.05. The molecule has 1 saturated heterocycles. The molecule has 3 heterocycles. The van der Waals surface area contributed by atoms with Crippen LogP contribution in [-0.4, -0.2) is 22.9 Å². The van der Waals surface area contributed by atoms with E-state index < -0.39 is 0 Å². The largest absolute Gasteiger partial charge is 0.464 e. The average Bonchev–Trinajstić information content (AvgIpc) is 3.00. The van der Waals surface area contributed by atoms with Gasteiger partial charge in [0, 0.05) is 12.7 Å². The molecule has 1 aliphatic rings. The first-order valence-corrected chi connectivity index (χ1v) is 6.19. The van der Waals surface area contributed by atoms with Crippen LogP contribution in [0.2, 0.25) is 0 Å². The fraction of sp³-hybridized carbons (Fsp3) is 0.462. The molecule has 1 fully saturated rings. The van der Waals surface area contributed by atoms with Gasteiger partial charge in [0.15, 0.2) is 0 Å². The second-order valence-corrected chi connectivity index (χ2v) is 4.64. The van der Waals surface area contributed by atoms with Gasteiger partial charge in [-0.05, 0) is 44.0 Å². The van der Waals surface area contributed by atoms with Crippen molar-refractivity contribution in [1.29, 1.82) is 0 Å². The number of furan rings is 1. The third-order valence-corrected chi connectivity index (χ3v) is 3.28. The second-order valence-electron chi connectivity index (χ2n) is 4.64. The summed E-state index contributed by atoms with van der Waals surface area (Å²) in [4.78, 5) is 0. The van der Waals surface area contributed by atoms with Gasteiger partial charge in [-0.1, -0.05) is 0 Å². The van der Waals surface area contributed by atoms with E-state index in [1.165, 1.54) is 12.8 Å². The Bertz CT molecular complexity index is 455. The Kier molecular flexibility index (Phi) is 2.96. The summed E-state index contributed by atoms with van der Waals surface area (Å²) in [6, 6.07) is 3.86. The maximum atomic E-state index is 5.36. The predicted molar refractivity (Wildman–Crippen MR) is 65.5 cm³/mol. The van der Waals surface area contributed by atoms with Crippen molar-refractivity contribution in [2.75, 3.05) is 13.1 Å². The number of aromatic nitrogens is 2. The highest BCUT2D eigenvalue weighted by molar-refractivity contribution is 5.54. The lowest BCUT2D eigenvalue weighted by Gasteiger charge is -2.22. The van der Waals surface area contributed by atoms with Gasteiger partial charge in [-0.2, -0.15) is 5.10 Å². The molecule has 0 aromatic carbocycles. The first-order chi connectivity index (χ1) is 8.42. The lowest BCUT2D eigenvalue weighted by Crippen LogP contribution is -2.32. The van der Waals surface area contributed by atoms with Crippen LogP contribution >= 0.6 is 0 Å². The molecule has 0 unspecified atom stereocenters. The molecule has 0 bridgehead atoms. The lowest BCUT2D eigenvalue weighted by atomic mass is 10.00. The first kappa shape index (κ1) is 10.6. The van der Waals surface area contributed by atoms with Gasteiger partial charge in [0.25, 0.3) is 0 Å². The van der Waals surface area contributed by atoms with Crippen molar-refractivity contribution in [2.24, 2.45) is 5.92 Å². The Morgan fingerprint density at radius 1 is 1.53 bits per heavy atom. The molecule has 4 nitrogen and oxygen atoms in total. The predicted octanol–water partition coefficient (Wildman–Crippen LogP) is 2.14. The van der Waals surface area contributed by atoms with Crippen LogP contribution in [0.1, 0.15) is 12.8 Å². The van der Waals surface area contributed by atoms with Crippen molar-refractivity contribution in [3.8, 4) is 11.3 Å². The van der Waals surface area contributed by atoms with E-state index in [0.29, 0.717) is 5.92 Å². The molecule has 2 aromatic heterocycles. The zero-order chi connectivity index (χ0) is 11.5. The molecular formula is C13H17N3O. The van der Waals surface area contributed by atoms with Crippen molar-refractivity contribution >= 4 is 0 Å². The van der Waals surface area contributed by atoms with Crippen LogP contribution in [0.5, 0.6) is 0 Å². The van der Waals surface area contributed by atoms with E-state index in [0.717, 1.165) is 31.0 Å². The number of piperidine rings is 1. The highest BCUT2D eigenvalue weighted by atomic mass is 16.3. The molecule has 1 aliphatic heterocycles. The van der Waals surface area contributed by atoms with Gasteiger partial charge in [0.05, 0.1) is 18.0 Å². The average molecular weight is 231 g/mol. The molecular weight excluding hydrogens is 214 g/mol. The van der Waals surface area contributed by atoms with Gasteiger partial charge in [-0.3, -0.25) is 4.68 Å². The Balaban J connectivity index is 1.68. The minimum Gasteiger partial charge on any atom is -0.464 e. The highest BCUT2D eigenvalue weighted by Crippen LogP contribution is 2.19. The number of hydrogen-bond donors (Lipinski definition) is 1. The minimum absolute atomic E-state index is 0.702. The van der Waals surface area contributed by atoms with Crippen molar-refractivity contribution < 1.29 is 4.42 Å². The van der Waals surface area contributed by atoms with E-state index in [4.69, 9.17) is 4.42 Å². The van der Waals surface area contributed by atoms with Crippen molar-refractivity contribution in [3.05, 3.63) is 30.8 Å². The van der Waals surface area contributed by atoms with Gasteiger partial charge in [0.1, 0.15) is 5.76 Å². The maximum absolute atomic E-state index is 5.36. The van der Waals surface area contributed by atoms with Crippen LogP contribution in [0.15, 0.2) is 35.2 Å². The van der Waals surface area contributed by atoms with Crippen LogP contribution in [0.4, 0.5) is 0 Å². The molecule has 2 aromatic rings. The zero-order valence-electron chi connectivity index (χ0n) is 9.80. The van der Waals surface area contributed by atoms with Crippen molar-refractivity contribution in [2.45, 2.75) is 19.4 Å². The van der Waals surface area contributed by atoms with E-state index >= 15 is 0 Å². The summed E-state index contributed by atoms with van der Waals surface area (Å²) >= 11 is 0. The van der Waals surface area contributed by atoms with Crippen LogP contribution in [0, 0.1) is 5.92 Å². The summed E-state index contributed by atoms with van der Waals surface area (Å²) in [6.45, 7) is 3.26. The molecule has 0 spiro atoms. The third kappa shape index (κ3) is 2.42. The van der Waals surface area contributed by atoms with Crippen LogP contribution in [0.25, 0.3) is 11.3 Å². The SMILES string of the molecule is c1coc(-c2cnn(C[C@H]3CCCNC3)c2)c1. The Hall–Kier alpha value is -1.55. The molecule has 3 rings (SSSR count). The standard InChI is InChI=1S/C13H17N3O/c1-3-11(7-14-5-1)9-16-10-12(8-15-16)13-4-2-6-17-13/h2,4,6,8,10-11,14H,1,3,5,7,9H2/t11-/m0/s1. The molecule has 0 saturated carbocycles. The van der Waals surface area contributed by atoms with Crippen LogP contribution in [-0.2, 0) is 6.54 Å². The van der Waals surface area contributed by atoms with Crippen molar-refractivity contribution in [1.82, 2.24) is 15.1 Å². The monoisotopic (exact) mass is 231 g/mol. The molecule has 1 atom stereocenters. The molecule has 0 amide bonds. The normalized spacial score (nSPS) is 20.6. The van der Waals surface area contributed by atoms with Gasteiger partial charge in [-0.25, -0.2) is 0 Å². The van der Waals surface area contributed by atoms with Gasteiger partial charge in [0.2, 0.25) is 0 Å². The minimum atomic E-state index is 0.702. The summed E-state index contributed by atoms with van der Waals surface area (Å²) in [7, 11) is 0. The van der Waals surface area contributed by atoms with Gasteiger partial charge in [-0.15, -0.1) is 0 Å². The summed E-state index contributed by atoms with van der Waals surface area (Å²) in [5.74, 6) is 1.59. The van der Waals surface area contributed by atoms with Gasteiger partial charge >= 0.3 is 0 Å².